The molecule has 0 radical (unpaired) electrons. The van der Waals surface area contributed by atoms with Crippen LogP contribution in [-0.4, -0.2) is 57.1 Å². The highest BCUT2D eigenvalue weighted by atomic mass is 32.2. The molecule has 1 aliphatic heterocycles. The standard InChI is InChI=1S/C13H25N5S/c1-13(2)4-5-17(8-9-19-13)6-7-18-11-12(10-14-3)15-16-18/h11,14H,4-10H2,1-3H3. The predicted molar refractivity (Wildman–Crippen MR) is 80.4 cm³/mol. The van der Waals surface area contributed by atoms with E-state index in [-0.39, 0.29) is 0 Å². The van der Waals surface area contributed by atoms with Crippen LogP contribution >= 0.6 is 11.8 Å². The normalized spacial score (nSPS) is 20.4. The summed E-state index contributed by atoms with van der Waals surface area (Å²) in [6, 6.07) is 0. The fourth-order valence-electron chi connectivity index (χ4n) is 2.24. The maximum atomic E-state index is 4.17. The third-order valence-corrected chi connectivity index (χ3v) is 4.89. The van der Waals surface area contributed by atoms with E-state index >= 15 is 0 Å². The summed E-state index contributed by atoms with van der Waals surface area (Å²) in [6.45, 7) is 9.87. The monoisotopic (exact) mass is 283 g/mol. The van der Waals surface area contributed by atoms with Gasteiger partial charge in [-0.3, -0.25) is 4.68 Å². The first-order chi connectivity index (χ1) is 9.09. The van der Waals surface area contributed by atoms with Crippen molar-refractivity contribution >= 4 is 11.8 Å². The van der Waals surface area contributed by atoms with Crippen molar-refractivity contribution in [3.05, 3.63) is 11.9 Å². The van der Waals surface area contributed by atoms with Crippen LogP contribution in [0.25, 0.3) is 0 Å². The molecule has 1 aliphatic rings. The maximum Gasteiger partial charge on any atom is 0.0964 e. The molecule has 108 valence electrons. The van der Waals surface area contributed by atoms with Crippen molar-refractivity contribution in [1.29, 1.82) is 0 Å². The molecule has 0 unspecified atom stereocenters. The van der Waals surface area contributed by atoms with Crippen LogP contribution in [-0.2, 0) is 13.1 Å². The fourth-order valence-corrected chi connectivity index (χ4v) is 3.38. The van der Waals surface area contributed by atoms with Gasteiger partial charge in [-0.2, -0.15) is 11.8 Å². The van der Waals surface area contributed by atoms with Crippen molar-refractivity contribution in [2.75, 3.05) is 32.4 Å². The van der Waals surface area contributed by atoms with Crippen LogP contribution in [0.15, 0.2) is 6.20 Å². The highest BCUT2D eigenvalue weighted by Crippen LogP contribution is 2.30. The van der Waals surface area contributed by atoms with Crippen LogP contribution in [0.5, 0.6) is 0 Å². The van der Waals surface area contributed by atoms with E-state index in [4.69, 9.17) is 0 Å². The van der Waals surface area contributed by atoms with Crippen molar-refractivity contribution in [3.8, 4) is 0 Å². The highest BCUT2D eigenvalue weighted by molar-refractivity contribution is 8.00. The number of nitrogens with zero attached hydrogens (tertiary/aromatic N) is 4. The molecule has 5 nitrogen and oxygen atoms in total. The third-order valence-electron chi connectivity index (χ3n) is 3.52. The second-order valence-electron chi connectivity index (χ2n) is 5.70. The Morgan fingerprint density at radius 1 is 1.37 bits per heavy atom. The van der Waals surface area contributed by atoms with E-state index in [0.29, 0.717) is 4.75 Å². The van der Waals surface area contributed by atoms with Gasteiger partial charge in [0, 0.05) is 36.3 Å². The maximum absolute atomic E-state index is 4.17. The summed E-state index contributed by atoms with van der Waals surface area (Å²) in [4.78, 5) is 2.54. The molecule has 19 heavy (non-hydrogen) atoms. The molecule has 1 saturated heterocycles. The lowest BCUT2D eigenvalue weighted by atomic mass is 10.1. The number of aromatic nitrogens is 3. The average Bonchev–Trinajstić information content (AvgIpc) is 2.72. The first-order valence-corrected chi connectivity index (χ1v) is 7.97. The van der Waals surface area contributed by atoms with Crippen molar-refractivity contribution in [2.24, 2.45) is 0 Å². The molecular weight excluding hydrogens is 258 g/mol. The quantitative estimate of drug-likeness (QED) is 0.880. The lowest BCUT2D eigenvalue weighted by molar-refractivity contribution is 0.267. The van der Waals surface area contributed by atoms with Crippen molar-refractivity contribution in [2.45, 2.75) is 38.1 Å². The van der Waals surface area contributed by atoms with E-state index < -0.39 is 0 Å². The van der Waals surface area contributed by atoms with E-state index in [1.807, 2.05) is 17.9 Å². The number of thioether (sulfide) groups is 1. The van der Waals surface area contributed by atoms with Crippen LogP contribution in [0.1, 0.15) is 26.0 Å². The SMILES string of the molecule is CNCc1cn(CCN2CCSC(C)(C)CC2)nn1. The summed E-state index contributed by atoms with van der Waals surface area (Å²) in [7, 11) is 1.93. The van der Waals surface area contributed by atoms with Crippen molar-refractivity contribution < 1.29 is 0 Å². The molecular formula is C13H25N5S. The lowest BCUT2D eigenvalue weighted by Gasteiger charge is -2.22. The molecule has 0 amide bonds. The number of hydrogen-bond donors (Lipinski definition) is 1. The largest absolute Gasteiger partial charge is 0.314 e. The Labute approximate surface area is 120 Å². The predicted octanol–water partition coefficient (Wildman–Crippen LogP) is 1.21. The van der Waals surface area contributed by atoms with Gasteiger partial charge in [-0.25, -0.2) is 0 Å². The molecule has 0 saturated carbocycles. The van der Waals surface area contributed by atoms with Crippen molar-refractivity contribution in [1.82, 2.24) is 25.2 Å². The summed E-state index contributed by atoms with van der Waals surface area (Å²) in [5, 5.41) is 11.4. The Hall–Kier alpha value is -0.590. The van der Waals surface area contributed by atoms with Gasteiger partial charge in [0.25, 0.3) is 0 Å². The minimum absolute atomic E-state index is 0.433. The first-order valence-electron chi connectivity index (χ1n) is 6.99. The van der Waals surface area contributed by atoms with E-state index in [9.17, 15) is 0 Å². The number of nitrogens with one attached hydrogen (secondary N) is 1. The zero-order chi connectivity index (χ0) is 13.7. The van der Waals surface area contributed by atoms with Crippen LogP contribution in [0.4, 0.5) is 0 Å². The Morgan fingerprint density at radius 3 is 3.00 bits per heavy atom. The van der Waals surface area contributed by atoms with Gasteiger partial charge in [-0.05, 0) is 20.0 Å². The van der Waals surface area contributed by atoms with E-state index in [1.165, 1.54) is 25.3 Å². The molecule has 2 rings (SSSR count). The van der Waals surface area contributed by atoms with E-state index in [1.54, 1.807) is 0 Å². The zero-order valence-corrected chi connectivity index (χ0v) is 13.0. The second kappa shape index (κ2) is 6.72. The number of rotatable bonds is 5. The van der Waals surface area contributed by atoms with Gasteiger partial charge in [0.05, 0.1) is 12.2 Å². The molecule has 0 aliphatic carbocycles. The van der Waals surface area contributed by atoms with Gasteiger partial charge < -0.3 is 10.2 Å². The average molecular weight is 283 g/mol. The van der Waals surface area contributed by atoms with Crippen molar-refractivity contribution in [3.63, 3.8) is 0 Å². The molecule has 1 aromatic heterocycles. The Balaban J connectivity index is 1.78. The second-order valence-corrected chi connectivity index (χ2v) is 7.51. The van der Waals surface area contributed by atoms with Gasteiger partial charge in [-0.1, -0.05) is 19.1 Å². The fraction of sp³-hybridized carbons (Fsp3) is 0.846. The topological polar surface area (TPSA) is 46.0 Å². The molecule has 1 N–H and O–H groups in total. The minimum atomic E-state index is 0.433. The summed E-state index contributed by atoms with van der Waals surface area (Å²) in [5.74, 6) is 1.23. The molecule has 2 heterocycles. The minimum Gasteiger partial charge on any atom is -0.314 e. The molecule has 0 aromatic carbocycles. The Bertz CT molecular complexity index is 390. The molecule has 6 heteroatoms. The smallest absolute Gasteiger partial charge is 0.0964 e. The summed E-state index contributed by atoms with van der Waals surface area (Å²) < 4.78 is 2.39. The molecule has 1 aromatic rings. The van der Waals surface area contributed by atoms with Gasteiger partial charge in [0.2, 0.25) is 0 Å². The number of hydrogen-bond acceptors (Lipinski definition) is 5. The first kappa shape index (κ1) is 14.8. The van der Waals surface area contributed by atoms with E-state index in [0.717, 1.165) is 25.3 Å². The zero-order valence-electron chi connectivity index (χ0n) is 12.2. The Kier molecular flexibility index (Phi) is 5.24. The van der Waals surface area contributed by atoms with Crippen LogP contribution < -0.4 is 5.32 Å². The van der Waals surface area contributed by atoms with E-state index in [2.05, 4.69) is 46.1 Å². The molecule has 0 bridgehead atoms. The molecule has 0 atom stereocenters. The third kappa shape index (κ3) is 4.78. The summed E-state index contributed by atoms with van der Waals surface area (Å²) in [6.07, 6.45) is 3.30. The lowest BCUT2D eigenvalue weighted by Crippen LogP contribution is -2.30. The van der Waals surface area contributed by atoms with Gasteiger partial charge >= 0.3 is 0 Å². The van der Waals surface area contributed by atoms with Gasteiger partial charge in [0.1, 0.15) is 0 Å². The molecule has 0 spiro atoms. The molecule has 1 fully saturated rings. The van der Waals surface area contributed by atoms with Gasteiger partial charge in [0.15, 0.2) is 0 Å². The van der Waals surface area contributed by atoms with Crippen LogP contribution in [0, 0.1) is 0 Å². The van der Waals surface area contributed by atoms with Crippen LogP contribution in [0.3, 0.4) is 0 Å². The summed E-state index contributed by atoms with van der Waals surface area (Å²) >= 11 is 2.09. The van der Waals surface area contributed by atoms with Gasteiger partial charge in [-0.15, -0.1) is 5.10 Å². The summed E-state index contributed by atoms with van der Waals surface area (Å²) in [5.41, 5.74) is 1.01. The highest BCUT2D eigenvalue weighted by Gasteiger charge is 2.23. The van der Waals surface area contributed by atoms with Crippen LogP contribution in [0.2, 0.25) is 0 Å². The Morgan fingerprint density at radius 2 is 2.21 bits per heavy atom.